The molecule has 0 spiro atoms. The Balaban J connectivity index is 2.05. The lowest BCUT2D eigenvalue weighted by Gasteiger charge is -2.05. The fraction of sp³-hybridized carbons (Fsp3) is 0.222. The minimum Gasteiger partial charge on any atom is -0.347 e. The summed E-state index contributed by atoms with van der Waals surface area (Å²) in [5, 5.41) is 2.87. The number of carbonyl (C=O) groups is 1. The first-order chi connectivity index (χ1) is 10.4. The summed E-state index contributed by atoms with van der Waals surface area (Å²) in [7, 11) is -1.45. The fourth-order valence-corrected chi connectivity index (χ4v) is 2.25. The van der Waals surface area contributed by atoms with Crippen molar-refractivity contribution < 1.29 is 4.79 Å². The molecule has 1 amide bonds. The van der Waals surface area contributed by atoms with Gasteiger partial charge < -0.3 is 5.32 Å². The molecule has 1 N–H and O–H groups in total. The van der Waals surface area contributed by atoms with Crippen LogP contribution in [0, 0.1) is 11.5 Å². The van der Waals surface area contributed by atoms with Gasteiger partial charge in [-0.2, -0.15) is 0 Å². The van der Waals surface area contributed by atoms with E-state index in [0.717, 1.165) is 5.56 Å². The van der Waals surface area contributed by atoms with Crippen molar-refractivity contribution in [2.24, 2.45) is 0 Å². The minimum absolute atomic E-state index is 0.180. The second kappa shape index (κ2) is 7.06. The molecular formula is C18H20N2OSi. The number of hydrogen-bond donors (Lipinski definition) is 1. The highest BCUT2D eigenvalue weighted by atomic mass is 28.3. The Hall–Kier alpha value is -2.38. The van der Waals surface area contributed by atoms with Crippen LogP contribution in [0.25, 0.3) is 0 Å². The maximum absolute atomic E-state index is 12.2. The topological polar surface area (TPSA) is 42.0 Å². The van der Waals surface area contributed by atoms with Crippen molar-refractivity contribution >= 4 is 14.0 Å². The Kier molecular flexibility index (Phi) is 5.13. The highest BCUT2D eigenvalue weighted by molar-refractivity contribution is 6.83. The Morgan fingerprint density at radius 1 is 1.09 bits per heavy atom. The van der Waals surface area contributed by atoms with Crippen molar-refractivity contribution in [2.45, 2.75) is 26.2 Å². The van der Waals surface area contributed by atoms with Gasteiger partial charge in [0.1, 0.15) is 19.5 Å². The highest BCUT2D eigenvalue weighted by Gasteiger charge is 2.09. The predicted molar refractivity (Wildman–Crippen MR) is 92.1 cm³/mol. The Bertz CT molecular complexity index is 709. The molecule has 0 bridgehead atoms. The second-order valence-electron chi connectivity index (χ2n) is 6.08. The first-order valence-electron chi connectivity index (χ1n) is 7.26. The van der Waals surface area contributed by atoms with Gasteiger partial charge in [0.2, 0.25) is 0 Å². The van der Waals surface area contributed by atoms with Crippen molar-refractivity contribution in [3.63, 3.8) is 0 Å². The molecule has 0 saturated heterocycles. The smallest absolute Gasteiger partial charge is 0.270 e. The third kappa shape index (κ3) is 5.19. The van der Waals surface area contributed by atoms with Crippen molar-refractivity contribution in [1.82, 2.24) is 10.3 Å². The number of amides is 1. The van der Waals surface area contributed by atoms with E-state index < -0.39 is 8.07 Å². The second-order valence-corrected chi connectivity index (χ2v) is 10.8. The number of nitrogens with zero attached hydrogens (tertiary/aromatic N) is 1. The third-order valence-corrected chi connectivity index (χ3v) is 3.72. The van der Waals surface area contributed by atoms with Crippen molar-refractivity contribution in [3.8, 4) is 11.5 Å². The van der Waals surface area contributed by atoms with E-state index in [4.69, 9.17) is 0 Å². The van der Waals surface area contributed by atoms with Crippen LogP contribution >= 0.6 is 0 Å². The summed E-state index contributed by atoms with van der Waals surface area (Å²) >= 11 is 0. The molecule has 0 fully saturated rings. The van der Waals surface area contributed by atoms with Crippen LogP contribution in [0.3, 0.4) is 0 Å². The molecule has 0 aliphatic heterocycles. The van der Waals surface area contributed by atoms with Crippen LogP contribution in [0.4, 0.5) is 0 Å². The average Bonchev–Trinajstić information content (AvgIpc) is 2.51. The normalized spacial score (nSPS) is 10.5. The molecule has 1 aromatic heterocycles. The quantitative estimate of drug-likeness (QED) is 0.698. The molecule has 3 nitrogen and oxygen atoms in total. The molecule has 4 heteroatoms. The summed E-state index contributed by atoms with van der Waals surface area (Å²) in [6.07, 6.45) is 0. The lowest BCUT2D eigenvalue weighted by Crippen LogP contribution is -2.24. The molecule has 0 saturated carbocycles. The molecule has 0 aliphatic rings. The molecular weight excluding hydrogens is 288 g/mol. The Morgan fingerprint density at radius 3 is 2.50 bits per heavy atom. The van der Waals surface area contributed by atoms with Gasteiger partial charge in [0, 0.05) is 6.54 Å². The lowest BCUT2D eigenvalue weighted by molar-refractivity contribution is 0.0946. The van der Waals surface area contributed by atoms with Crippen LogP contribution in [0.5, 0.6) is 0 Å². The molecule has 0 aliphatic carbocycles. The zero-order chi connectivity index (χ0) is 16.0. The third-order valence-electron chi connectivity index (χ3n) is 2.84. The summed E-state index contributed by atoms with van der Waals surface area (Å²) in [5.41, 5.74) is 5.37. The zero-order valence-corrected chi connectivity index (χ0v) is 14.2. The maximum atomic E-state index is 12.2. The summed E-state index contributed by atoms with van der Waals surface area (Å²) in [6.45, 7) is 7.02. The van der Waals surface area contributed by atoms with E-state index in [1.165, 1.54) is 0 Å². The van der Waals surface area contributed by atoms with Gasteiger partial charge in [0.15, 0.2) is 0 Å². The van der Waals surface area contributed by atoms with Crippen molar-refractivity contribution in [2.75, 3.05) is 0 Å². The standard InChI is InChI=1S/C18H20N2OSi/c1-22(2,3)13-12-16-10-7-11-17(20-16)18(21)19-14-15-8-5-4-6-9-15/h4-11H,14H2,1-3H3,(H,19,21). The first-order valence-corrected chi connectivity index (χ1v) is 10.8. The predicted octanol–water partition coefficient (Wildman–Crippen LogP) is 3.24. The first kappa shape index (κ1) is 16.0. The molecule has 22 heavy (non-hydrogen) atoms. The van der Waals surface area contributed by atoms with Crippen LogP contribution in [0.2, 0.25) is 19.6 Å². The Morgan fingerprint density at radius 2 is 1.82 bits per heavy atom. The van der Waals surface area contributed by atoms with Gasteiger partial charge in [-0.25, -0.2) is 4.98 Å². The largest absolute Gasteiger partial charge is 0.347 e. The molecule has 0 atom stereocenters. The van der Waals surface area contributed by atoms with E-state index >= 15 is 0 Å². The summed E-state index contributed by atoms with van der Waals surface area (Å²) in [4.78, 5) is 16.5. The molecule has 0 radical (unpaired) electrons. The number of rotatable bonds is 3. The van der Waals surface area contributed by atoms with Gasteiger partial charge in [0.25, 0.3) is 5.91 Å². The van der Waals surface area contributed by atoms with Gasteiger partial charge in [-0.1, -0.05) is 62.0 Å². The lowest BCUT2D eigenvalue weighted by atomic mass is 10.2. The van der Waals surface area contributed by atoms with E-state index in [-0.39, 0.29) is 5.91 Å². The van der Waals surface area contributed by atoms with Crippen LogP contribution in [-0.2, 0) is 6.54 Å². The average molecular weight is 308 g/mol. The number of benzene rings is 1. The summed E-state index contributed by atoms with van der Waals surface area (Å²) in [5.74, 6) is 2.89. The van der Waals surface area contributed by atoms with E-state index in [9.17, 15) is 4.79 Å². The van der Waals surface area contributed by atoms with Gasteiger partial charge >= 0.3 is 0 Å². The van der Waals surface area contributed by atoms with Gasteiger partial charge in [-0.05, 0) is 17.7 Å². The van der Waals surface area contributed by atoms with E-state index in [1.54, 1.807) is 6.07 Å². The van der Waals surface area contributed by atoms with Crippen LogP contribution in [0.1, 0.15) is 21.7 Å². The van der Waals surface area contributed by atoms with Crippen LogP contribution in [0.15, 0.2) is 48.5 Å². The minimum atomic E-state index is -1.45. The highest BCUT2D eigenvalue weighted by Crippen LogP contribution is 2.02. The molecule has 112 valence electrons. The number of hydrogen-bond acceptors (Lipinski definition) is 2. The molecule has 2 aromatic rings. The van der Waals surface area contributed by atoms with E-state index in [1.807, 2.05) is 42.5 Å². The Labute approximate surface area is 132 Å². The van der Waals surface area contributed by atoms with Crippen LogP contribution < -0.4 is 5.32 Å². The zero-order valence-electron chi connectivity index (χ0n) is 13.2. The maximum Gasteiger partial charge on any atom is 0.270 e. The van der Waals surface area contributed by atoms with Crippen LogP contribution in [-0.4, -0.2) is 19.0 Å². The number of pyridine rings is 1. The van der Waals surface area contributed by atoms with Crippen molar-refractivity contribution in [1.29, 1.82) is 0 Å². The number of aromatic nitrogens is 1. The van der Waals surface area contributed by atoms with Crippen molar-refractivity contribution in [3.05, 3.63) is 65.5 Å². The van der Waals surface area contributed by atoms with Gasteiger partial charge in [-0.15, -0.1) is 5.54 Å². The molecule has 1 heterocycles. The van der Waals surface area contributed by atoms with E-state index in [0.29, 0.717) is 17.9 Å². The van der Waals surface area contributed by atoms with Gasteiger partial charge in [-0.3, -0.25) is 4.79 Å². The fourth-order valence-electron chi connectivity index (χ4n) is 1.75. The number of nitrogens with one attached hydrogen (secondary N) is 1. The summed E-state index contributed by atoms with van der Waals surface area (Å²) in [6, 6.07) is 15.2. The molecule has 2 rings (SSSR count). The SMILES string of the molecule is C[Si](C)(C)C#Cc1cccc(C(=O)NCc2ccccc2)n1. The van der Waals surface area contributed by atoms with Gasteiger partial charge in [0.05, 0.1) is 0 Å². The molecule has 0 unspecified atom stereocenters. The monoisotopic (exact) mass is 308 g/mol. The molecule has 1 aromatic carbocycles. The number of carbonyl (C=O) groups excluding carboxylic acids is 1. The van der Waals surface area contributed by atoms with E-state index in [2.05, 4.69) is 41.4 Å². The summed E-state index contributed by atoms with van der Waals surface area (Å²) < 4.78 is 0.